The van der Waals surface area contributed by atoms with E-state index in [4.69, 9.17) is 5.73 Å². The molecular weight excluding hydrogens is 264 g/mol. The third kappa shape index (κ3) is 3.09. The number of hydrogen-bond acceptors (Lipinski definition) is 5. The van der Waals surface area contributed by atoms with Gasteiger partial charge in [0.2, 0.25) is 0 Å². The summed E-state index contributed by atoms with van der Waals surface area (Å²) in [7, 11) is 0. The number of nitrogens with two attached hydrogens (primary N) is 1. The molecular formula is C12H17ClN6. The third-order valence-corrected chi connectivity index (χ3v) is 3.21. The van der Waals surface area contributed by atoms with E-state index >= 15 is 0 Å². The van der Waals surface area contributed by atoms with Gasteiger partial charge < -0.3 is 5.73 Å². The summed E-state index contributed by atoms with van der Waals surface area (Å²) in [6, 6.07) is 10.2. The zero-order valence-corrected chi connectivity index (χ0v) is 11.3. The number of hydrogen-bond donors (Lipinski definition) is 1. The van der Waals surface area contributed by atoms with Crippen LogP contribution in [-0.2, 0) is 6.54 Å². The van der Waals surface area contributed by atoms with Gasteiger partial charge in [0, 0.05) is 19.1 Å². The SMILES string of the molecule is Cl.N[C@H]1CCN(Cc2nnnn2-c2ccccc2)C1. The smallest absolute Gasteiger partial charge is 0.170 e. The van der Waals surface area contributed by atoms with Gasteiger partial charge in [0.15, 0.2) is 5.82 Å². The summed E-state index contributed by atoms with van der Waals surface area (Å²) in [5, 5.41) is 11.9. The largest absolute Gasteiger partial charge is 0.326 e. The number of likely N-dealkylation sites (tertiary alicyclic amines) is 1. The predicted molar refractivity (Wildman–Crippen MR) is 74.3 cm³/mol. The van der Waals surface area contributed by atoms with Crippen LogP contribution in [-0.4, -0.2) is 44.2 Å². The van der Waals surface area contributed by atoms with Crippen molar-refractivity contribution in [3.8, 4) is 5.69 Å². The second-order valence-corrected chi connectivity index (χ2v) is 4.63. The second kappa shape index (κ2) is 6.10. The van der Waals surface area contributed by atoms with Crippen molar-refractivity contribution >= 4 is 12.4 Å². The van der Waals surface area contributed by atoms with Crippen molar-refractivity contribution < 1.29 is 0 Å². The van der Waals surface area contributed by atoms with Crippen LogP contribution in [0.1, 0.15) is 12.2 Å². The number of rotatable bonds is 3. The molecule has 1 fully saturated rings. The zero-order chi connectivity index (χ0) is 12.4. The quantitative estimate of drug-likeness (QED) is 0.892. The molecule has 102 valence electrons. The minimum absolute atomic E-state index is 0. The molecule has 3 rings (SSSR count). The Balaban J connectivity index is 0.00000133. The molecule has 2 N–H and O–H groups in total. The molecule has 0 spiro atoms. The van der Waals surface area contributed by atoms with Gasteiger partial charge in [-0.15, -0.1) is 17.5 Å². The third-order valence-electron chi connectivity index (χ3n) is 3.21. The molecule has 2 aromatic rings. The van der Waals surface area contributed by atoms with Crippen molar-refractivity contribution in [2.45, 2.75) is 19.0 Å². The van der Waals surface area contributed by atoms with Crippen LogP contribution in [0.5, 0.6) is 0 Å². The van der Waals surface area contributed by atoms with Gasteiger partial charge in [0.25, 0.3) is 0 Å². The van der Waals surface area contributed by atoms with E-state index in [0.29, 0.717) is 0 Å². The zero-order valence-electron chi connectivity index (χ0n) is 10.5. The lowest BCUT2D eigenvalue weighted by Gasteiger charge is -2.14. The molecule has 1 aliphatic rings. The van der Waals surface area contributed by atoms with E-state index in [1.165, 1.54) is 0 Å². The first-order valence-corrected chi connectivity index (χ1v) is 6.13. The fourth-order valence-corrected chi connectivity index (χ4v) is 2.28. The van der Waals surface area contributed by atoms with Crippen molar-refractivity contribution in [1.82, 2.24) is 25.1 Å². The average Bonchev–Trinajstić information content (AvgIpc) is 3.00. The molecule has 1 atom stereocenters. The Morgan fingerprint density at radius 1 is 1.26 bits per heavy atom. The minimum Gasteiger partial charge on any atom is -0.326 e. The maximum atomic E-state index is 5.90. The van der Waals surface area contributed by atoms with Gasteiger partial charge in [-0.3, -0.25) is 4.90 Å². The van der Waals surface area contributed by atoms with Crippen molar-refractivity contribution in [3.63, 3.8) is 0 Å². The lowest BCUT2D eigenvalue weighted by atomic mass is 10.3. The van der Waals surface area contributed by atoms with E-state index in [-0.39, 0.29) is 18.4 Å². The Labute approximate surface area is 118 Å². The molecule has 0 aliphatic carbocycles. The van der Waals surface area contributed by atoms with Gasteiger partial charge in [0.1, 0.15) is 0 Å². The van der Waals surface area contributed by atoms with E-state index in [0.717, 1.165) is 37.6 Å². The fourth-order valence-electron chi connectivity index (χ4n) is 2.28. The highest BCUT2D eigenvalue weighted by atomic mass is 35.5. The maximum Gasteiger partial charge on any atom is 0.170 e. The van der Waals surface area contributed by atoms with E-state index < -0.39 is 0 Å². The topological polar surface area (TPSA) is 72.9 Å². The highest BCUT2D eigenvalue weighted by Gasteiger charge is 2.21. The van der Waals surface area contributed by atoms with Gasteiger partial charge in [-0.2, -0.15) is 4.68 Å². The van der Waals surface area contributed by atoms with E-state index in [1.807, 2.05) is 30.3 Å². The van der Waals surface area contributed by atoms with Gasteiger partial charge in [0.05, 0.1) is 12.2 Å². The molecule has 7 heteroatoms. The molecule has 0 unspecified atom stereocenters. The molecule has 1 aromatic carbocycles. The number of halogens is 1. The minimum atomic E-state index is 0. The number of tetrazole rings is 1. The number of nitrogens with zero attached hydrogens (tertiary/aromatic N) is 5. The summed E-state index contributed by atoms with van der Waals surface area (Å²) in [6.07, 6.45) is 1.05. The highest BCUT2D eigenvalue weighted by molar-refractivity contribution is 5.85. The molecule has 0 bridgehead atoms. The van der Waals surface area contributed by atoms with Crippen LogP contribution in [0.15, 0.2) is 30.3 Å². The lowest BCUT2D eigenvalue weighted by molar-refractivity contribution is 0.315. The summed E-state index contributed by atoms with van der Waals surface area (Å²) >= 11 is 0. The molecule has 6 nitrogen and oxygen atoms in total. The Kier molecular flexibility index (Phi) is 4.47. The molecule has 2 heterocycles. The summed E-state index contributed by atoms with van der Waals surface area (Å²) in [4.78, 5) is 2.29. The normalized spacial score (nSPS) is 19.3. The first-order chi connectivity index (χ1) is 8.83. The summed E-state index contributed by atoms with van der Waals surface area (Å²) in [6.45, 7) is 2.68. The summed E-state index contributed by atoms with van der Waals surface area (Å²) in [5.74, 6) is 0.857. The summed E-state index contributed by atoms with van der Waals surface area (Å²) < 4.78 is 1.78. The van der Waals surface area contributed by atoms with Crippen molar-refractivity contribution in [3.05, 3.63) is 36.2 Å². The van der Waals surface area contributed by atoms with E-state index in [9.17, 15) is 0 Å². The fraction of sp³-hybridized carbons (Fsp3) is 0.417. The van der Waals surface area contributed by atoms with E-state index in [1.54, 1.807) is 4.68 Å². The van der Waals surface area contributed by atoms with Gasteiger partial charge >= 0.3 is 0 Å². The van der Waals surface area contributed by atoms with Crippen molar-refractivity contribution in [1.29, 1.82) is 0 Å². The standard InChI is InChI=1S/C12H16N6.ClH/c13-10-6-7-17(8-10)9-12-14-15-16-18(12)11-4-2-1-3-5-11;/h1-5,10H,6-9,13H2;1H/t10-;/m0./s1. The van der Waals surface area contributed by atoms with Gasteiger partial charge in [-0.25, -0.2) is 0 Å². The van der Waals surface area contributed by atoms with Gasteiger partial charge in [-0.05, 0) is 29.0 Å². The van der Waals surface area contributed by atoms with Gasteiger partial charge in [-0.1, -0.05) is 18.2 Å². The summed E-state index contributed by atoms with van der Waals surface area (Å²) in [5.41, 5.74) is 6.89. The lowest BCUT2D eigenvalue weighted by Crippen LogP contribution is -2.27. The Hall–Kier alpha value is -1.50. The molecule has 1 aliphatic heterocycles. The Morgan fingerprint density at radius 3 is 2.74 bits per heavy atom. The molecule has 1 aromatic heterocycles. The Bertz CT molecular complexity index is 514. The molecule has 0 amide bonds. The van der Waals surface area contributed by atoms with E-state index in [2.05, 4.69) is 20.4 Å². The van der Waals surface area contributed by atoms with Crippen LogP contribution in [0.25, 0.3) is 5.69 Å². The monoisotopic (exact) mass is 280 g/mol. The van der Waals surface area contributed by atoms with Crippen LogP contribution in [0, 0.1) is 0 Å². The Morgan fingerprint density at radius 2 is 2.05 bits per heavy atom. The van der Waals surface area contributed by atoms with Crippen LogP contribution < -0.4 is 5.73 Å². The average molecular weight is 281 g/mol. The van der Waals surface area contributed by atoms with Crippen molar-refractivity contribution in [2.75, 3.05) is 13.1 Å². The number of para-hydroxylation sites is 1. The molecule has 1 saturated heterocycles. The molecule has 0 saturated carbocycles. The maximum absolute atomic E-state index is 5.90. The first-order valence-electron chi connectivity index (χ1n) is 6.13. The first kappa shape index (κ1) is 13.9. The van der Waals surface area contributed by atoms with Crippen LogP contribution in [0.2, 0.25) is 0 Å². The highest BCUT2D eigenvalue weighted by Crippen LogP contribution is 2.13. The molecule has 19 heavy (non-hydrogen) atoms. The van der Waals surface area contributed by atoms with Crippen LogP contribution in [0.4, 0.5) is 0 Å². The van der Waals surface area contributed by atoms with Crippen LogP contribution in [0.3, 0.4) is 0 Å². The van der Waals surface area contributed by atoms with Crippen molar-refractivity contribution in [2.24, 2.45) is 5.73 Å². The predicted octanol–water partition coefficient (Wildman–Crippen LogP) is 0.617. The second-order valence-electron chi connectivity index (χ2n) is 4.63. The number of aromatic nitrogens is 4. The number of benzene rings is 1. The van der Waals surface area contributed by atoms with Crippen LogP contribution >= 0.6 is 12.4 Å². The molecule has 0 radical (unpaired) electrons.